The van der Waals surface area contributed by atoms with E-state index in [4.69, 9.17) is 0 Å². The van der Waals surface area contributed by atoms with Gasteiger partial charge in [0.1, 0.15) is 11.9 Å². The highest BCUT2D eigenvalue weighted by Gasteiger charge is 2.40. The molecule has 3 rings (SSSR count). The highest BCUT2D eigenvalue weighted by Crippen LogP contribution is 2.39. The molecule has 0 aliphatic carbocycles. The third kappa shape index (κ3) is 2.74. The van der Waals surface area contributed by atoms with Crippen LogP contribution in [0.5, 0.6) is 0 Å². The first-order valence-electron chi connectivity index (χ1n) is 6.83. The molecule has 0 unspecified atom stereocenters. The van der Waals surface area contributed by atoms with Gasteiger partial charge in [-0.1, -0.05) is 30.3 Å². The second-order valence-corrected chi connectivity index (χ2v) is 4.94. The van der Waals surface area contributed by atoms with Crippen molar-refractivity contribution in [2.75, 3.05) is 0 Å². The summed E-state index contributed by atoms with van der Waals surface area (Å²) in [6.07, 6.45) is -4.75. The Morgan fingerprint density at radius 1 is 0.958 bits per heavy atom. The first kappa shape index (κ1) is 15.7. The van der Waals surface area contributed by atoms with Gasteiger partial charge in [-0.25, -0.2) is 9.07 Å². The summed E-state index contributed by atoms with van der Waals surface area (Å²) in [6.45, 7) is 0. The van der Waals surface area contributed by atoms with Gasteiger partial charge in [-0.2, -0.15) is 23.5 Å². The topological polar surface area (TPSA) is 41.6 Å². The standard InChI is InChI=1S/C17H9F4N3/c18-12-8-6-11(7-9-12)15-14(10-22)24(13-4-2-1-3-5-13)23-16(15)17(19,20)21/h1-9H. The summed E-state index contributed by atoms with van der Waals surface area (Å²) in [5.41, 5.74) is -1.42. The highest BCUT2D eigenvalue weighted by atomic mass is 19.4. The summed E-state index contributed by atoms with van der Waals surface area (Å²) in [5, 5.41) is 13.0. The van der Waals surface area contributed by atoms with Crippen molar-refractivity contribution in [2.45, 2.75) is 6.18 Å². The van der Waals surface area contributed by atoms with Crippen LogP contribution in [0.1, 0.15) is 11.4 Å². The van der Waals surface area contributed by atoms with Gasteiger partial charge in [0.25, 0.3) is 0 Å². The molecule has 0 amide bonds. The zero-order chi connectivity index (χ0) is 17.3. The van der Waals surface area contributed by atoms with Gasteiger partial charge < -0.3 is 0 Å². The molecule has 1 aromatic heterocycles. The van der Waals surface area contributed by atoms with Crippen molar-refractivity contribution in [1.29, 1.82) is 5.26 Å². The van der Waals surface area contributed by atoms with E-state index in [0.29, 0.717) is 5.69 Å². The molecular formula is C17H9F4N3. The molecule has 7 heteroatoms. The quantitative estimate of drug-likeness (QED) is 0.646. The number of hydrogen-bond donors (Lipinski definition) is 0. The van der Waals surface area contributed by atoms with E-state index in [2.05, 4.69) is 5.10 Å². The Bertz CT molecular complexity index is 904. The molecule has 3 aromatic rings. The monoisotopic (exact) mass is 331 g/mol. The number of nitrogens with zero attached hydrogens (tertiary/aromatic N) is 3. The van der Waals surface area contributed by atoms with E-state index in [0.717, 1.165) is 16.8 Å². The fraction of sp³-hybridized carbons (Fsp3) is 0.0588. The zero-order valence-electron chi connectivity index (χ0n) is 12.0. The molecule has 0 N–H and O–H groups in total. The van der Waals surface area contributed by atoms with Gasteiger partial charge >= 0.3 is 6.18 Å². The molecule has 120 valence electrons. The van der Waals surface area contributed by atoms with E-state index in [-0.39, 0.29) is 16.8 Å². The fourth-order valence-electron chi connectivity index (χ4n) is 2.37. The van der Waals surface area contributed by atoms with Crippen molar-refractivity contribution in [1.82, 2.24) is 9.78 Å². The lowest BCUT2D eigenvalue weighted by Crippen LogP contribution is -2.08. The van der Waals surface area contributed by atoms with Crippen LogP contribution in [0.3, 0.4) is 0 Å². The number of nitriles is 1. The van der Waals surface area contributed by atoms with E-state index in [1.165, 1.54) is 12.1 Å². The van der Waals surface area contributed by atoms with Crippen molar-refractivity contribution in [3.63, 3.8) is 0 Å². The molecule has 0 aliphatic heterocycles. The highest BCUT2D eigenvalue weighted by molar-refractivity contribution is 5.73. The van der Waals surface area contributed by atoms with Crippen LogP contribution in [-0.4, -0.2) is 9.78 Å². The van der Waals surface area contributed by atoms with Crippen molar-refractivity contribution in [3.05, 3.63) is 71.8 Å². The summed E-state index contributed by atoms with van der Waals surface area (Å²) in [5.74, 6) is -0.582. The first-order chi connectivity index (χ1) is 11.4. The lowest BCUT2D eigenvalue weighted by atomic mass is 10.0. The predicted molar refractivity (Wildman–Crippen MR) is 78.7 cm³/mol. The molecule has 24 heavy (non-hydrogen) atoms. The van der Waals surface area contributed by atoms with Crippen LogP contribution >= 0.6 is 0 Å². The zero-order valence-corrected chi connectivity index (χ0v) is 12.0. The van der Waals surface area contributed by atoms with Gasteiger partial charge in [0.15, 0.2) is 11.4 Å². The molecule has 0 bridgehead atoms. The lowest BCUT2D eigenvalue weighted by Gasteiger charge is -2.06. The molecule has 0 spiro atoms. The molecule has 0 aliphatic rings. The number of halogens is 4. The number of alkyl halides is 3. The van der Waals surface area contributed by atoms with Crippen LogP contribution in [0.4, 0.5) is 17.6 Å². The molecular weight excluding hydrogens is 322 g/mol. The molecule has 1 heterocycles. The Balaban J connectivity index is 2.32. The molecule has 2 aromatic carbocycles. The molecule has 0 atom stereocenters. The summed E-state index contributed by atoms with van der Waals surface area (Å²) in [6, 6.07) is 14.3. The average Bonchev–Trinajstić information content (AvgIpc) is 2.96. The van der Waals surface area contributed by atoms with Crippen LogP contribution in [-0.2, 0) is 6.18 Å². The number of hydrogen-bond acceptors (Lipinski definition) is 2. The summed E-state index contributed by atoms with van der Waals surface area (Å²) < 4.78 is 54.2. The summed E-state index contributed by atoms with van der Waals surface area (Å²) >= 11 is 0. The number of rotatable bonds is 2. The minimum atomic E-state index is -4.75. The normalized spacial score (nSPS) is 11.3. The van der Waals surface area contributed by atoms with Crippen LogP contribution in [0, 0.1) is 17.1 Å². The molecule has 3 nitrogen and oxygen atoms in total. The van der Waals surface area contributed by atoms with Gasteiger partial charge in [-0.3, -0.25) is 0 Å². The van der Waals surface area contributed by atoms with Crippen molar-refractivity contribution in [2.24, 2.45) is 0 Å². The Hall–Kier alpha value is -3.14. The third-order valence-corrected chi connectivity index (χ3v) is 3.39. The minimum Gasteiger partial charge on any atom is -0.222 e. The van der Waals surface area contributed by atoms with Crippen molar-refractivity contribution >= 4 is 0 Å². The van der Waals surface area contributed by atoms with Crippen LogP contribution in [0.25, 0.3) is 16.8 Å². The van der Waals surface area contributed by atoms with Gasteiger partial charge in [0, 0.05) is 0 Å². The summed E-state index contributed by atoms with van der Waals surface area (Å²) in [4.78, 5) is 0. The van der Waals surface area contributed by atoms with Crippen LogP contribution in [0.2, 0.25) is 0 Å². The Kier molecular flexibility index (Phi) is 3.81. The second-order valence-electron chi connectivity index (χ2n) is 4.94. The maximum absolute atomic E-state index is 13.4. The molecule has 0 saturated heterocycles. The minimum absolute atomic E-state index is 0.0717. The lowest BCUT2D eigenvalue weighted by molar-refractivity contribution is -0.140. The fourth-order valence-corrected chi connectivity index (χ4v) is 2.37. The van der Waals surface area contributed by atoms with Gasteiger partial charge in [0.05, 0.1) is 11.3 Å². The number of para-hydroxylation sites is 1. The first-order valence-corrected chi connectivity index (χ1v) is 6.83. The number of aromatic nitrogens is 2. The molecule has 0 fully saturated rings. The predicted octanol–water partition coefficient (Wildman–Crippen LogP) is 4.57. The Labute approximate surface area is 134 Å². The van der Waals surface area contributed by atoms with E-state index < -0.39 is 17.7 Å². The maximum Gasteiger partial charge on any atom is 0.435 e. The summed E-state index contributed by atoms with van der Waals surface area (Å²) in [7, 11) is 0. The van der Waals surface area contributed by atoms with Crippen molar-refractivity contribution < 1.29 is 17.6 Å². The van der Waals surface area contributed by atoms with Crippen LogP contribution < -0.4 is 0 Å². The van der Waals surface area contributed by atoms with Gasteiger partial charge in [-0.05, 0) is 29.8 Å². The Morgan fingerprint density at radius 3 is 2.12 bits per heavy atom. The SMILES string of the molecule is N#Cc1c(-c2ccc(F)cc2)c(C(F)(F)F)nn1-c1ccccc1. The van der Waals surface area contributed by atoms with E-state index in [9.17, 15) is 22.8 Å². The van der Waals surface area contributed by atoms with E-state index >= 15 is 0 Å². The largest absolute Gasteiger partial charge is 0.435 e. The molecule has 0 radical (unpaired) electrons. The second kappa shape index (κ2) is 5.81. The maximum atomic E-state index is 13.4. The number of benzene rings is 2. The van der Waals surface area contributed by atoms with Gasteiger partial charge in [0.2, 0.25) is 0 Å². The third-order valence-electron chi connectivity index (χ3n) is 3.39. The van der Waals surface area contributed by atoms with E-state index in [1.54, 1.807) is 36.4 Å². The van der Waals surface area contributed by atoms with E-state index in [1.807, 2.05) is 0 Å². The van der Waals surface area contributed by atoms with Crippen molar-refractivity contribution in [3.8, 4) is 22.9 Å². The van der Waals surface area contributed by atoms with Gasteiger partial charge in [-0.15, -0.1) is 0 Å². The average molecular weight is 331 g/mol. The Morgan fingerprint density at radius 2 is 1.58 bits per heavy atom. The smallest absolute Gasteiger partial charge is 0.222 e. The van der Waals surface area contributed by atoms with Crippen LogP contribution in [0.15, 0.2) is 54.6 Å². The molecule has 0 saturated carbocycles.